The summed E-state index contributed by atoms with van der Waals surface area (Å²) in [7, 11) is 0. The van der Waals surface area contributed by atoms with Gasteiger partial charge in [0.2, 0.25) is 0 Å². The largest absolute Gasteiger partial charge is 0.488 e. The first-order valence-electron chi connectivity index (χ1n) is 5.75. The Kier molecular flexibility index (Phi) is 3.22. The number of ether oxygens (including phenoxy) is 1. The minimum atomic E-state index is 0.248. The van der Waals surface area contributed by atoms with Crippen molar-refractivity contribution in [2.45, 2.75) is 19.4 Å². The summed E-state index contributed by atoms with van der Waals surface area (Å²) in [6.07, 6.45) is 1.48. The van der Waals surface area contributed by atoms with E-state index in [2.05, 4.69) is 15.9 Å². The molecular weight excluding hydrogens is 312 g/mol. The lowest BCUT2D eigenvalue weighted by Gasteiger charge is -2.07. The second-order valence-corrected chi connectivity index (χ2v) is 6.08. The number of hydrogen-bond acceptors (Lipinski definition) is 3. The van der Waals surface area contributed by atoms with Gasteiger partial charge in [0.05, 0.1) is 4.88 Å². The SMILES string of the molecule is O=C1CCc2cc(OCc3sccc3Br)ccc21. The van der Waals surface area contributed by atoms with Crippen LogP contribution >= 0.6 is 27.3 Å². The topological polar surface area (TPSA) is 26.3 Å². The van der Waals surface area contributed by atoms with Crippen molar-refractivity contribution >= 4 is 33.0 Å². The van der Waals surface area contributed by atoms with E-state index in [1.165, 1.54) is 4.88 Å². The molecule has 0 saturated heterocycles. The van der Waals surface area contributed by atoms with Gasteiger partial charge in [0.25, 0.3) is 0 Å². The summed E-state index contributed by atoms with van der Waals surface area (Å²) in [5.74, 6) is 1.08. The van der Waals surface area contributed by atoms with Gasteiger partial charge in [-0.1, -0.05) is 0 Å². The normalized spacial score (nSPS) is 13.7. The van der Waals surface area contributed by atoms with E-state index >= 15 is 0 Å². The van der Waals surface area contributed by atoms with Crippen LogP contribution in [0.5, 0.6) is 5.75 Å². The van der Waals surface area contributed by atoms with Gasteiger partial charge in [0.1, 0.15) is 12.4 Å². The van der Waals surface area contributed by atoms with Gasteiger partial charge in [-0.15, -0.1) is 11.3 Å². The third kappa shape index (κ3) is 2.22. The number of ketones is 1. The maximum atomic E-state index is 11.5. The zero-order valence-corrected chi connectivity index (χ0v) is 12.0. The van der Waals surface area contributed by atoms with Crippen molar-refractivity contribution in [3.8, 4) is 5.75 Å². The Labute approximate surface area is 118 Å². The average molecular weight is 323 g/mol. The fourth-order valence-electron chi connectivity index (χ4n) is 2.10. The number of fused-ring (bicyclic) bond motifs is 1. The van der Waals surface area contributed by atoms with E-state index in [0.717, 1.165) is 27.8 Å². The van der Waals surface area contributed by atoms with E-state index in [9.17, 15) is 4.79 Å². The van der Waals surface area contributed by atoms with Crippen molar-refractivity contribution in [3.63, 3.8) is 0 Å². The number of Topliss-reactive ketones (excluding diaryl/α,β-unsaturated/α-hetero) is 1. The summed E-state index contributed by atoms with van der Waals surface area (Å²) in [5, 5.41) is 2.03. The van der Waals surface area contributed by atoms with Crippen LogP contribution in [-0.4, -0.2) is 5.78 Å². The van der Waals surface area contributed by atoms with E-state index < -0.39 is 0 Å². The first-order chi connectivity index (χ1) is 8.74. The number of hydrogen-bond donors (Lipinski definition) is 0. The molecular formula is C14H11BrO2S. The van der Waals surface area contributed by atoms with Crippen molar-refractivity contribution in [3.05, 3.63) is 50.1 Å². The summed E-state index contributed by atoms with van der Waals surface area (Å²) in [6.45, 7) is 0.560. The Morgan fingerprint density at radius 3 is 2.94 bits per heavy atom. The van der Waals surface area contributed by atoms with Gasteiger partial charge in [-0.05, 0) is 57.6 Å². The van der Waals surface area contributed by atoms with Gasteiger partial charge >= 0.3 is 0 Å². The molecule has 2 nitrogen and oxygen atoms in total. The molecule has 0 N–H and O–H groups in total. The lowest BCUT2D eigenvalue weighted by molar-refractivity contribution is 0.0994. The molecule has 1 aliphatic carbocycles. The summed E-state index contributed by atoms with van der Waals surface area (Å²) < 4.78 is 6.85. The molecule has 0 aliphatic heterocycles. The molecule has 1 aliphatic rings. The molecule has 1 aromatic heterocycles. The molecule has 0 unspecified atom stereocenters. The molecule has 2 aromatic rings. The molecule has 0 spiro atoms. The Morgan fingerprint density at radius 2 is 2.17 bits per heavy atom. The Balaban J connectivity index is 1.75. The van der Waals surface area contributed by atoms with Crippen LogP contribution in [0.4, 0.5) is 0 Å². The highest BCUT2D eigenvalue weighted by Gasteiger charge is 2.19. The molecule has 0 bridgehead atoms. The first kappa shape index (κ1) is 11.9. The van der Waals surface area contributed by atoms with Crippen LogP contribution in [0.2, 0.25) is 0 Å². The summed E-state index contributed by atoms with van der Waals surface area (Å²) in [6, 6.07) is 7.76. The van der Waals surface area contributed by atoms with Crippen LogP contribution in [0, 0.1) is 0 Å². The molecule has 18 heavy (non-hydrogen) atoms. The van der Waals surface area contributed by atoms with Crippen LogP contribution in [-0.2, 0) is 13.0 Å². The number of thiophene rings is 1. The minimum absolute atomic E-state index is 0.248. The van der Waals surface area contributed by atoms with Gasteiger partial charge in [-0.3, -0.25) is 4.79 Å². The second kappa shape index (κ2) is 4.86. The van der Waals surface area contributed by atoms with E-state index in [0.29, 0.717) is 13.0 Å². The van der Waals surface area contributed by atoms with Crippen molar-refractivity contribution in [2.24, 2.45) is 0 Å². The Hall–Kier alpha value is -1.13. The van der Waals surface area contributed by atoms with E-state index in [1.807, 2.05) is 29.6 Å². The number of halogens is 1. The van der Waals surface area contributed by atoms with Gasteiger partial charge in [0, 0.05) is 16.5 Å². The van der Waals surface area contributed by atoms with Gasteiger partial charge in [0.15, 0.2) is 5.78 Å². The fourth-order valence-corrected chi connectivity index (χ4v) is 3.48. The third-order valence-electron chi connectivity index (χ3n) is 3.06. The van der Waals surface area contributed by atoms with Gasteiger partial charge in [-0.2, -0.15) is 0 Å². The van der Waals surface area contributed by atoms with E-state index in [-0.39, 0.29) is 5.78 Å². The highest BCUT2D eigenvalue weighted by atomic mass is 79.9. The predicted molar refractivity (Wildman–Crippen MR) is 75.4 cm³/mol. The second-order valence-electron chi connectivity index (χ2n) is 4.22. The average Bonchev–Trinajstić information content (AvgIpc) is 2.94. The van der Waals surface area contributed by atoms with E-state index in [4.69, 9.17) is 4.74 Å². The Morgan fingerprint density at radius 1 is 1.28 bits per heavy atom. The van der Waals surface area contributed by atoms with Gasteiger partial charge in [-0.25, -0.2) is 0 Å². The summed E-state index contributed by atoms with van der Waals surface area (Å²) in [4.78, 5) is 12.7. The number of benzene rings is 1. The van der Waals surface area contributed by atoms with Crippen LogP contribution in [0.15, 0.2) is 34.1 Å². The number of aryl methyl sites for hydroxylation is 1. The molecule has 0 fully saturated rings. The van der Waals surface area contributed by atoms with E-state index in [1.54, 1.807) is 11.3 Å². The zero-order chi connectivity index (χ0) is 12.5. The standard InChI is InChI=1S/C14H11BrO2S/c15-12-5-6-18-14(12)8-17-10-2-3-11-9(7-10)1-4-13(11)16/h2-3,5-7H,1,4,8H2. The number of carbonyl (C=O) groups is 1. The maximum absolute atomic E-state index is 11.5. The van der Waals surface area contributed by atoms with Crippen LogP contribution in [0.3, 0.4) is 0 Å². The smallest absolute Gasteiger partial charge is 0.163 e. The lowest BCUT2D eigenvalue weighted by Crippen LogP contribution is -1.95. The molecule has 3 rings (SSSR count). The summed E-state index contributed by atoms with van der Waals surface area (Å²) in [5.41, 5.74) is 1.97. The Bertz CT molecular complexity index is 604. The molecule has 0 radical (unpaired) electrons. The molecule has 1 heterocycles. The van der Waals surface area contributed by atoms with Crippen molar-refractivity contribution in [1.29, 1.82) is 0 Å². The lowest BCUT2D eigenvalue weighted by atomic mass is 10.1. The number of carbonyl (C=O) groups excluding carboxylic acids is 1. The zero-order valence-electron chi connectivity index (χ0n) is 9.61. The third-order valence-corrected chi connectivity index (χ3v) is 4.96. The minimum Gasteiger partial charge on any atom is -0.488 e. The highest BCUT2D eigenvalue weighted by molar-refractivity contribution is 9.10. The van der Waals surface area contributed by atoms with Crippen LogP contribution in [0.1, 0.15) is 27.2 Å². The first-order valence-corrected chi connectivity index (χ1v) is 7.42. The quantitative estimate of drug-likeness (QED) is 0.845. The molecule has 0 amide bonds. The molecule has 0 saturated carbocycles. The van der Waals surface area contributed by atoms with Crippen molar-refractivity contribution in [1.82, 2.24) is 0 Å². The molecule has 1 aromatic carbocycles. The van der Waals surface area contributed by atoms with Crippen LogP contribution in [0.25, 0.3) is 0 Å². The van der Waals surface area contributed by atoms with Gasteiger partial charge < -0.3 is 4.74 Å². The monoisotopic (exact) mass is 322 g/mol. The fraction of sp³-hybridized carbons (Fsp3) is 0.214. The number of rotatable bonds is 3. The van der Waals surface area contributed by atoms with Crippen LogP contribution < -0.4 is 4.74 Å². The van der Waals surface area contributed by atoms with Crippen molar-refractivity contribution in [2.75, 3.05) is 0 Å². The van der Waals surface area contributed by atoms with Crippen molar-refractivity contribution < 1.29 is 9.53 Å². The highest BCUT2D eigenvalue weighted by Crippen LogP contribution is 2.28. The predicted octanol–water partition coefficient (Wildman–Crippen LogP) is 4.22. The molecule has 0 atom stereocenters. The maximum Gasteiger partial charge on any atom is 0.163 e. The summed E-state index contributed by atoms with van der Waals surface area (Å²) >= 11 is 5.15. The molecule has 92 valence electrons. The molecule has 4 heteroatoms.